The Kier molecular flexibility index (Phi) is 5.15. The number of amides is 1. The van der Waals surface area contributed by atoms with Crippen molar-refractivity contribution in [3.8, 4) is 0 Å². The molecule has 5 heteroatoms. The van der Waals surface area contributed by atoms with Crippen LogP contribution in [0.4, 0.5) is 0 Å². The molecule has 32 heavy (non-hydrogen) atoms. The predicted molar refractivity (Wildman–Crippen MR) is 122 cm³/mol. The SMILES string of the molecule is O=C1C(=O)N(CCc2c[nH]c3ccccc23)C(c2ccccc2)C1C(=O)c1ccccc1. The van der Waals surface area contributed by atoms with Crippen molar-refractivity contribution in [2.45, 2.75) is 12.5 Å². The van der Waals surface area contributed by atoms with Gasteiger partial charge in [-0.3, -0.25) is 14.4 Å². The van der Waals surface area contributed by atoms with Crippen LogP contribution in [0.2, 0.25) is 0 Å². The molecule has 1 aliphatic heterocycles. The van der Waals surface area contributed by atoms with Crippen LogP contribution in [0.5, 0.6) is 0 Å². The molecule has 0 aliphatic carbocycles. The maximum Gasteiger partial charge on any atom is 0.291 e. The highest BCUT2D eigenvalue weighted by atomic mass is 16.2. The number of likely N-dealkylation sites (tertiary alicyclic amines) is 1. The standard InChI is InChI=1S/C27H22N2O3/c30-25(19-11-5-2-6-12-19)23-24(18-9-3-1-4-10-18)29(27(32)26(23)31)16-15-20-17-28-22-14-8-7-13-21(20)22/h1-14,17,23-24,28H,15-16H2. The number of hydrogen-bond acceptors (Lipinski definition) is 3. The molecule has 2 heterocycles. The van der Waals surface area contributed by atoms with Crippen LogP contribution >= 0.6 is 0 Å². The van der Waals surface area contributed by atoms with Crippen molar-refractivity contribution in [1.82, 2.24) is 9.88 Å². The number of aromatic amines is 1. The number of nitrogens with zero attached hydrogens (tertiary/aromatic N) is 1. The second-order valence-electron chi connectivity index (χ2n) is 8.04. The lowest BCUT2D eigenvalue weighted by Gasteiger charge is -2.27. The molecule has 1 aromatic heterocycles. The molecule has 1 fully saturated rings. The third kappa shape index (κ3) is 3.42. The van der Waals surface area contributed by atoms with Crippen LogP contribution in [0.15, 0.2) is 91.1 Å². The molecule has 0 saturated carbocycles. The zero-order valence-corrected chi connectivity index (χ0v) is 17.4. The Hall–Kier alpha value is -3.99. The summed E-state index contributed by atoms with van der Waals surface area (Å²) in [5.74, 6) is -2.58. The summed E-state index contributed by atoms with van der Waals surface area (Å²) < 4.78 is 0. The quantitative estimate of drug-likeness (QED) is 0.285. The van der Waals surface area contributed by atoms with E-state index >= 15 is 0 Å². The number of fused-ring (bicyclic) bond motifs is 1. The number of carbonyl (C=O) groups excluding carboxylic acids is 3. The van der Waals surface area contributed by atoms with Crippen molar-refractivity contribution in [2.75, 3.05) is 6.54 Å². The molecule has 2 atom stereocenters. The molecule has 0 bridgehead atoms. The van der Waals surface area contributed by atoms with E-state index in [1.165, 1.54) is 0 Å². The molecule has 4 aromatic rings. The second kappa shape index (κ2) is 8.27. The summed E-state index contributed by atoms with van der Waals surface area (Å²) in [5.41, 5.74) is 3.34. The fourth-order valence-corrected chi connectivity index (χ4v) is 4.61. The number of ketones is 2. The Labute approximate surface area is 185 Å². The first-order chi connectivity index (χ1) is 15.6. The maximum absolute atomic E-state index is 13.3. The van der Waals surface area contributed by atoms with E-state index in [4.69, 9.17) is 0 Å². The lowest BCUT2D eigenvalue weighted by molar-refractivity contribution is -0.140. The van der Waals surface area contributed by atoms with Crippen LogP contribution in [-0.4, -0.2) is 33.9 Å². The highest BCUT2D eigenvalue weighted by molar-refractivity contribution is 6.44. The van der Waals surface area contributed by atoms with Gasteiger partial charge >= 0.3 is 0 Å². The monoisotopic (exact) mass is 422 g/mol. The highest BCUT2D eigenvalue weighted by Gasteiger charge is 2.51. The van der Waals surface area contributed by atoms with Gasteiger partial charge in [-0.05, 0) is 23.6 Å². The fraction of sp³-hybridized carbons (Fsp3) is 0.148. The van der Waals surface area contributed by atoms with E-state index in [9.17, 15) is 14.4 Å². The summed E-state index contributed by atoms with van der Waals surface area (Å²) in [4.78, 5) is 44.3. The largest absolute Gasteiger partial charge is 0.361 e. The van der Waals surface area contributed by atoms with Crippen molar-refractivity contribution in [3.05, 3.63) is 108 Å². The molecule has 2 unspecified atom stereocenters. The average Bonchev–Trinajstić information content (AvgIpc) is 3.37. The molecule has 0 spiro atoms. The molecule has 1 N–H and O–H groups in total. The summed E-state index contributed by atoms with van der Waals surface area (Å²) in [6, 6.07) is 25.5. The minimum absolute atomic E-state index is 0.313. The van der Waals surface area contributed by atoms with Gasteiger partial charge in [-0.25, -0.2) is 0 Å². The Morgan fingerprint density at radius 3 is 2.25 bits per heavy atom. The summed E-state index contributed by atoms with van der Waals surface area (Å²) in [7, 11) is 0. The number of H-pyrrole nitrogens is 1. The molecular weight excluding hydrogens is 400 g/mol. The Morgan fingerprint density at radius 1 is 0.844 bits per heavy atom. The number of para-hydroxylation sites is 1. The number of Topliss-reactive ketones (excluding diaryl/α,β-unsaturated/α-hetero) is 2. The zero-order valence-electron chi connectivity index (χ0n) is 17.4. The number of rotatable bonds is 6. The smallest absolute Gasteiger partial charge is 0.291 e. The van der Waals surface area contributed by atoms with Gasteiger partial charge in [-0.15, -0.1) is 0 Å². The Balaban J connectivity index is 1.50. The van der Waals surface area contributed by atoms with Gasteiger partial charge in [0, 0.05) is 29.2 Å². The number of nitrogens with one attached hydrogen (secondary N) is 1. The van der Waals surface area contributed by atoms with Crippen molar-refractivity contribution in [3.63, 3.8) is 0 Å². The van der Waals surface area contributed by atoms with Gasteiger partial charge in [-0.2, -0.15) is 0 Å². The highest BCUT2D eigenvalue weighted by Crippen LogP contribution is 2.38. The number of aromatic nitrogens is 1. The van der Waals surface area contributed by atoms with E-state index in [2.05, 4.69) is 4.98 Å². The zero-order chi connectivity index (χ0) is 22.1. The van der Waals surface area contributed by atoms with Crippen LogP contribution in [0.3, 0.4) is 0 Å². The fourth-order valence-electron chi connectivity index (χ4n) is 4.61. The van der Waals surface area contributed by atoms with Gasteiger partial charge in [0.1, 0.15) is 5.92 Å². The first-order valence-corrected chi connectivity index (χ1v) is 10.7. The van der Waals surface area contributed by atoms with E-state index < -0.39 is 23.7 Å². The summed E-state index contributed by atoms with van der Waals surface area (Å²) >= 11 is 0. The normalized spacial score (nSPS) is 18.4. The molecule has 1 amide bonds. The summed E-state index contributed by atoms with van der Waals surface area (Å²) in [6.45, 7) is 0.352. The van der Waals surface area contributed by atoms with Gasteiger partial charge in [0.15, 0.2) is 5.78 Å². The lowest BCUT2D eigenvalue weighted by Crippen LogP contribution is -2.32. The number of carbonyl (C=O) groups is 3. The summed E-state index contributed by atoms with van der Waals surface area (Å²) in [6.07, 6.45) is 2.52. The average molecular weight is 422 g/mol. The van der Waals surface area contributed by atoms with E-state index in [-0.39, 0.29) is 5.78 Å². The molecule has 5 nitrogen and oxygen atoms in total. The van der Waals surface area contributed by atoms with Crippen LogP contribution in [0.1, 0.15) is 27.5 Å². The first-order valence-electron chi connectivity index (χ1n) is 10.7. The molecule has 0 radical (unpaired) electrons. The van der Waals surface area contributed by atoms with Crippen LogP contribution in [0, 0.1) is 5.92 Å². The van der Waals surface area contributed by atoms with Crippen LogP contribution in [0.25, 0.3) is 10.9 Å². The van der Waals surface area contributed by atoms with Crippen molar-refractivity contribution in [1.29, 1.82) is 0 Å². The predicted octanol–water partition coefficient (Wildman–Crippen LogP) is 4.36. The van der Waals surface area contributed by atoms with E-state index in [1.54, 1.807) is 29.2 Å². The van der Waals surface area contributed by atoms with Gasteiger partial charge in [0.2, 0.25) is 5.78 Å². The van der Waals surface area contributed by atoms with Gasteiger partial charge in [0.25, 0.3) is 5.91 Å². The van der Waals surface area contributed by atoms with E-state index in [0.717, 1.165) is 22.0 Å². The minimum Gasteiger partial charge on any atom is -0.361 e. The van der Waals surface area contributed by atoms with E-state index in [0.29, 0.717) is 18.5 Å². The molecule has 158 valence electrons. The van der Waals surface area contributed by atoms with Crippen LogP contribution in [-0.2, 0) is 16.0 Å². The third-order valence-electron chi connectivity index (χ3n) is 6.18. The van der Waals surface area contributed by atoms with E-state index in [1.807, 2.05) is 66.9 Å². The van der Waals surface area contributed by atoms with Gasteiger partial charge < -0.3 is 9.88 Å². The number of benzene rings is 3. The second-order valence-corrected chi connectivity index (χ2v) is 8.04. The molecular formula is C27H22N2O3. The Morgan fingerprint density at radius 2 is 1.50 bits per heavy atom. The topological polar surface area (TPSA) is 70.2 Å². The first kappa shape index (κ1) is 19.9. The van der Waals surface area contributed by atoms with Crippen molar-refractivity contribution < 1.29 is 14.4 Å². The minimum atomic E-state index is -1.05. The molecule has 1 aliphatic rings. The molecule has 5 rings (SSSR count). The van der Waals surface area contributed by atoms with Crippen molar-refractivity contribution in [2.24, 2.45) is 5.92 Å². The van der Waals surface area contributed by atoms with Gasteiger partial charge in [-0.1, -0.05) is 78.9 Å². The number of hydrogen-bond donors (Lipinski definition) is 1. The molecule has 1 saturated heterocycles. The molecule has 3 aromatic carbocycles. The summed E-state index contributed by atoms with van der Waals surface area (Å²) in [5, 5.41) is 1.10. The Bertz CT molecular complexity index is 1290. The maximum atomic E-state index is 13.3. The lowest BCUT2D eigenvalue weighted by atomic mass is 9.86. The van der Waals surface area contributed by atoms with Crippen LogP contribution < -0.4 is 0 Å². The van der Waals surface area contributed by atoms with Crippen molar-refractivity contribution >= 4 is 28.4 Å². The van der Waals surface area contributed by atoms with Gasteiger partial charge in [0.05, 0.1) is 6.04 Å². The third-order valence-corrected chi connectivity index (χ3v) is 6.18.